The van der Waals surface area contributed by atoms with E-state index in [0.717, 1.165) is 51.0 Å². The highest BCUT2D eigenvalue weighted by Crippen LogP contribution is 2.16. The van der Waals surface area contributed by atoms with Crippen LogP contribution >= 0.6 is 0 Å². The number of hydrogen-bond donors (Lipinski definition) is 4. The minimum absolute atomic E-state index is 0.364. The molecule has 0 saturated carbocycles. The van der Waals surface area contributed by atoms with E-state index in [-0.39, 0.29) is 6.10 Å². The molecule has 0 aliphatic carbocycles. The van der Waals surface area contributed by atoms with Crippen molar-refractivity contribution >= 4 is 5.96 Å². The number of aliphatic hydroxyl groups is 3. The third kappa shape index (κ3) is 30.4. The summed E-state index contributed by atoms with van der Waals surface area (Å²) in [6, 6.07) is 0. The number of aliphatic hydroxyl groups excluding tert-OH is 3. The second-order valence-electron chi connectivity index (χ2n) is 16.5. The number of guanidine groups is 1. The Bertz CT molecular complexity index is 737. The second kappa shape index (κ2) is 37.1. The smallest absolute Gasteiger partial charge is 0.209 e. The van der Waals surface area contributed by atoms with Gasteiger partial charge in [-0.25, -0.2) is 5.01 Å². The van der Waals surface area contributed by atoms with Gasteiger partial charge in [0.15, 0.2) is 0 Å². The van der Waals surface area contributed by atoms with Crippen LogP contribution in [0.2, 0.25) is 0 Å². The van der Waals surface area contributed by atoms with Gasteiger partial charge in [-0.3, -0.25) is 10.4 Å². The zero-order valence-electron chi connectivity index (χ0n) is 35.3. The van der Waals surface area contributed by atoms with Crippen molar-refractivity contribution in [2.24, 2.45) is 4.99 Å². The van der Waals surface area contributed by atoms with E-state index < -0.39 is 12.2 Å². The Morgan fingerprint density at radius 2 is 0.788 bits per heavy atom. The van der Waals surface area contributed by atoms with Gasteiger partial charge in [0.1, 0.15) is 0 Å². The highest BCUT2D eigenvalue weighted by molar-refractivity contribution is 5.81. The minimum atomic E-state index is -0.441. The molecule has 7 nitrogen and oxygen atoms in total. The Hall–Kier alpha value is -0.890. The molecule has 0 aromatic rings. The van der Waals surface area contributed by atoms with Crippen molar-refractivity contribution in [2.45, 2.75) is 251 Å². The number of nitrogens with one attached hydrogen (secondary N) is 1. The summed E-state index contributed by atoms with van der Waals surface area (Å²) in [5.74, 6) is 0.777. The van der Waals surface area contributed by atoms with E-state index in [9.17, 15) is 15.3 Å². The first kappa shape index (κ1) is 49.1. The van der Waals surface area contributed by atoms with E-state index in [4.69, 9.17) is 4.99 Å². The average Bonchev–Trinajstić information content (AvgIpc) is 3.56. The average molecular weight is 737 g/mol. The molecule has 0 aromatic carbocycles. The lowest BCUT2D eigenvalue weighted by Gasteiger charge is -2.32. The first-order chi connectivity index (χ1) is 25.5. The van der Waals surface area contributed by atoms with Crippen LogP contribution in [0.1, 0.15) is 233 Å². The minimum Gasteiger partial charge on any atom is -0.392 e. The Kier molecular flexibility index (Phi) is 35.0. The number of nitrogens with zero attached hydrogens (tertiary/aromatic N) is 3. The molecule has 3 atom stereocenters. The van der Waals surface area contributed by atoms with E-state index in [1.807, 2.05) is 5.01 Å². The van der Waals surface area contributed by atoms with Gasteiger partial charge < -0.3 is 20.2 Å². The topological polar surface area (TPSA) is 91.6 Å². The van der Waals surface area contributed by atoms with E-state index >= 15 is 0 Å². The summed E-state index contributed by atoms with van der Waals surface area (Å²) < 4.78 is 0. The molecule has 0 radical (unpaired) electrons. The molecule has 0 amide bonds. The molecule has 4 N–H and O–H groups in total. The first-order valence-corrected chi connectivity index (χ1v) is 23.3. The van der Waals surface area contributed by atoms with Crippen LogP contribution in [0.15, 0.2) is 4.99 Å². The Labute approximate surface area is 324 Å². The third-order valence-electron chi connectivity index (χ3n) is 11.2. The summed E-state index contributed by atoms with van der Waals surface area (Å²) in [5, 5.41) is 35.1. The molecule has 310 valence electrons. The fourth-order valence-corrected chi connectivity index (χ4v) is 7.71. The highest BCUT2D eigenvalue weighted by Gasteiger charge is 2.24. The van der Waals surface area contributed by atoms with Gasteiger partial charge in [-0.1, -0.05) is 213 Å². The normalized spacial score (nSPS) is 15.1. The molecule has 7 heteroatoms. The number of rotatable bonds is 40. The SMILES string of the molecule is CCCCCCCCCCCCC(O)CN(CC(O)CCCCCCCCCCCC)NC1=NCCN1CC(O)CCCCCCCCCCCC. The fraction of sp³-hybridized carbons (Fsp3) is 0.978. The van der Waals surface area contributed by atoms with E-state index in [1.54, 1.807) is 0 Å². The van der Waals surface area contributed by atoms with Crippen LogP contribution in [0.4, 0.5) is 0 Å². The molecule has 0 saturated heterocycles. The lowest BCUT2D eigenvalue weighted by molar-refractivity contribution is 0.0435. The van der Waals surface area contributed by atoms with E-state index in [2.05, 4.69) is 31.1 Å². The Morgan fingerprint density at radius 3 is 1.13 bits per heavy atom. The maximum Gasteiger partial charge on any atom is 0.209 e. The molecule has 1 aliphatic heterocycles. The monoisotopic (exact) mass is 737 g/mol. The maximum atomic E-state index is 11.1. The molecular formula is C45H92N4O3. The largest absolute Gasteiger partial charge is 0.392 e. The van der Waals surface area contributed by atoms with Gasteiger partial charge in [0.05, 0.1) is 24.9 Å². The molecule has 0 bridgehead atoms. The van der Waals surface area contributed by atoms with Crippen molar-refractivity contribution in [3.63, 3.8) is 0 Å². The van der Waals surface area contributed by atoms with Gasteiger partial charge in [0.25, 0.3) is 0 Å². The predicted octanol–water partition coefficient (Wildman–Crippen LogP) is 11.5. The van der Waals surface area contributed by atoms with Gasteiger partial charge in [-0.2, -0.15) is 0 Å². The Morgan fingerprint density at radius 1 is 0.481 bits per heavy atom. The molecule has 0 fully saturated rings. The van der Waals surface area contributed by atoms with E-state index in [1.165, 1.54) is 173 Å². The van der Waals surface area contributed by atoms with Gasteiger partial charge >= 0.3 is 0 Å². The van der Waals surface area contributed by atoms with Gasteiger partial charge in [0.2, 0.25) is 5.96 Å². The van der Waals surface area contributed by atoms with Crippen LogP contribution in [0.25, 0.3) is 0 Å². The van der Waals surface area contributed by atoms with Crippen LogP contribution in [0, 0.1) is 0 Å². The second-order valence-corrected chi connectivity index (χ2v) is 16.5. The number of hydrogen-bond acceptors (Lipinski definition) is 7. The van der Waals surface area contributed by atoms with Crippen LogP contribution in [0.3, 0.4) is 0 Å². The number of β-amino-alcohol motifs (C(OH)–C–C–N with tert-alkyl or cyclic N) is 1. The highest BCUT2D eigenvalue weighted by atomic mass is 16.3. The predicted molar refractivity (Wildman–Crippen MR) is 226 cm³/mol. The standard InChI is InChI=1S/C45H92N4O3/c1-4-7-10-13-16-19-22-25-28-31-34-42(50)39-48-38-37-46-45(48)47-49(40-43(51)35-32-29-26-23-20-17-14-11-8-5-2)41-44(52)36-33-30-27-24-21-18-15-12-9-6-3/h42-44,50-52H,4-41H2,1-3H3,(H,46,47). The van der Waals surface area contributed by atoms with Crippen molar-refractivity contribution in [3.8, 4) is 0 Å². The van der Waals surface area contributed by atoms with Gasteiger partial charge in [-0.15, -0.1) is 0 Å². The molecule has 0 aromatic heterocycles. The van der Waals surface area contributed by atoms with Crippen LogP contribution in [-0.2, 0) is 0 Å². The summed E-state index contributed by atoms with van der Waals surface area (Å²) in [6.07, 6.45) is 40.1. The van der Waals surface area contributed by atoms with Crippen molar-refractivity contribution in [2.75, 3.05) is 32.7 Å². The zero-order valence-corrected chi connectivity index (χ0v) is 35.3. The zero-order chi connectivity index (χ0) is 37.7. The number of hydrazine groups is 1. The number of aliphatic imine (C=N–C) groups is 1. The molecule has 1 rings (SSSR count). The van der Waals surface area contributed by atoms with Crippen LogP contribution < -0.4 is 5.43 Å². The lowest BCUT2D eigenvalue weighted by Crippen LogP contribution is -2.53. The van der Waals surface area contributed by atoms with Crippen molar-refractivity contribution < 1.29 is 15.3 Å². The lowest BCUT2D eigenvalue weighted by atomic mass is 10.0. The maximum absolute atomic E-state index is 11.1. The summed E-state index contributed by atoms with van der Waals surface area (Å²) in [5.41, 5.74) is 3.50. The number of unbranched alkanes of at least 4 members (excludes halogenated alkanes) is 27. The van der Waals surface area contributed by atoms with Crippen LogP contribution in [-0.4, -0.2) is 82.2 Å². The molecule has 0 spiro atoms. The molecule has 1 heterocycles. The summed E-state index contributed by atoms with van der Waals surface area (Å²) in [4.78, 5) is 6.92. The Balaban J connectivity index is 2.46. The summed E-state index contributed by atoms with van der Waals surface area (Å²) in [6.45, 7) is 9.86. The fourth-order valence-electron chi connectivity index (χ4n) is 7.71. The van der Waals surface area contributed by atoms with Crippen molar-refractivity contribution in [1.29, 1.82) is 0 Å². The van der Waals surface area contributed by atoms with E-state index in [0.29, 0.717) is 26.2 Å². The van der Waals surface area contributed by atoms with Crippen LogP contribution in [0.5, 0.6) is 0 Å². The third-order valence-corrected chi connectivity index (χ3v) is 11.2. The van der Waals surface area contributed by atoms with Gasteiger partial charge in [0, 0.05) is 26.2 Å². The quantitative estimate of drug-likeness (QED) is 0.0370. The summed E-state index contributed by atoms with van der Waals surface area (Å²) in [7, 11) is 0. The van der Waals surface area contributed by atoms with Gasteiger partial charge in [-0.05, 0) is 19.3 Å². The molecular weight excluding hydrogens is 645 g/mol. The summed E-state index contributed by atoms with van der Waals surface area (Å²) >= 11 is 0. The van der Waals surface area contributed by atoms with Crippen molar-refractivity contribution in [1.82, 2.24) is 15.3 Å². The molecule has 3 unspecified atom stereocenters. The molecule has 52 heavy (non-hydrogen) atoms. The first-order valence-electron chi connectivity index (χ1n) is 23.3. The molecule has 1 aliphatic rings. The van der Waals surface area contributed by atoms with Crippen molar-refractivity contribution in [3.05, 3.63) is 0 Å².